The highest BCUT2D eigenvalue weighted by Gasteiger charge is 2.44. The highest BCUT2D eigenvalue weighted by Crippen LogP contribution is 2.50. The smallest absolute Gasteiger partial charge is 0.336 e. The standard InChI is InChI=1S/C28H28ClNO6/c1-16-24(27(32)34-10-9-33-17-7-5-4-6-8-17)25(18-11-22-23(12-19(18)29)36-15-35-22)26-20(30-16)13-28(2,3)14-21(26)31/h4-8,11-12,25,30H,9-10,13-15H2,1-3H3. The van der Waals surface area contributed by atoms with Crippen LogP contribution in [-0.4, -0.2) is 31.8 Å². The third-order valence-electron chi connectivity index (χ3n) is 6.59. The van der Waals surface area contributed by atoms with Crippen LogP contribution in [0, 0.1) is 5.41 Å². The SMILES string of the molecule is CC1=C(C(=O)OCCOc2ccccc2)C(c2cc3c(cc2Cl)OCO3)C2=C(CC(C)(C)CC2=O)N1. The topological polar surface area (TPSA) is 83.1 Å². The van der Waals surface area contributed by atoms with Gasteiger partial charge in [-0.2, -0.15) is 0 Å². The molecule has 2 heterocycles. The second kappa shape index (κ2) is 9.54. The van der Waals surface area contributed by atoms with Gasteiger partial charge < -0.3 is 24.3 Å². The van der Waals surface area contributed by atoms with Crippen molar-refractivity contribution in [1.82, 2.24) is 5.32 Å². The molecular weight excluding hydrogens is 482 g/mol. The van der Waals surface area contributed by atoms with Crippen LogP contribution >= 0.6 is 11.6 Å². The van der Waals surface area contributed by atoms with E-state index in [-0.39, 0.29) is 31.2 Å². The maximum absolute atomic E-state index is 13.5. The molecule has 0 spiro atoms. The molecule has 36 heavy (non-hydrogen) atoms. The lowest BCUT2D eigenvalue weighted by molar-refractivity contribution is -0.140. The lowest BCUT2D eigenvalue weighted by Gasteiger charge is -2.39. The normalized spacial score (nSPS) is 20.1. The van der Waals surface area contributed by atoms with E-state index >= 15 is 0 Å². The number of dihydropyridines is 1. The minimum Gasteiger partial charge on any atom is -0.490 e. The average molecular weight is 510 g/mol. The molecule has 7 nitrogen and oxygen atoms in total. The first-order chi connectivity index (χ1) is 17.2. The Morgan fingerprint density at radius 2 is 1.83 bits per heavy atom. The molecule has 8 heteroatoms. The number of ketones is 1. The number of para-hydroxylation sites is 1. The Hall–Kier alpha value is -3.45. The molecule has 2 aromatic carbocycles. The molecule has 1 unspecified atom stereocenters. The van der Waals surface area contributed by atoms with Crippen molar-refractivity contribution < 1.29 is 28.5 Å². The molecule has 188 valence electrons. The summed E-state index contributed by atoms with van der Waals surface area (Å²) in [5, 5.41) is 3.72. The van der Waals surface area contributed by atoms with E-state index in [1.165, 1.54) is 0 Å². The van der Waals surface area contributed by atoms with Crippen LogP contribution in [0.4, 0.5) is 0 Å². The summed E-state index contributed by atoms with van der Waals surface area (Å²) in [5.74, 6) is 0.524. The molecule has 5 rings (SSSR count). The van der Waals surface area contributed by atoms with Crippen LogP contribution in [0.5, 0.6) is 17.2 Å². The van der Waals surface area contributed by atoms with Crippen molar-refractivity contribution in [2.75, 3.05) is 20.0 Å². The summed E-state index contributed by atoms with van der Waals surface area (Å²) in [4.78, 5) is 26.9. The fourth-order valence-electron chi connectivity index (χ4n) is 5.06. The average Bonchev–Trinajstić information content (AvgIpc) is 3.27. The molecule has 0 fully saturated rings. The molecule has 2 aliphatic heterocycles. The largest absolute Gasteiger partial charge is 0.490 e. The van der Waals surface area contributed by atoms with Gasteiger partial charge in [0.1, 0.15) is 19.0 Å². The molecule has 0 saturated carbocycles. The van der Waals surface area contributed by atoms with Gasteiger partial charge in [0.2, 0.25) is 6.79 Å². The first kappa shape index (κ1) is 24.3. The number of esters is 1. The fraction of sp³-hybridized carbons (Fsp3) is 0.357. The third kappa shape index (κ3) is 4.67. The fourth-order valence-corrected chi connectivity index (χ4v) is 5.32. The Bertz CT molecular complexity index is 1280. The van der Waals surface area contributed by atoms with Crippen LogP contribution in [0.25, 0.3) is 0 Å². The zero-order chi connectivity index (χ0) is 25.4. The number of allylic oxidation sites excluding steroid dienone is 3. The minimum absolute atomic E-state index is 0.0160. The molecule has 1 N–H and O–H groups in total. The molecule has 0 saturated heterocycles. The van der Waals surface area contributed by atoms with Crippen molar-refractivity contribution in [3.63, 3.8) is 0 Å². The predicted octanol–water partition coefficient (Wildman–Crippen LogP) is 5.29. The zero-order valence-corrected chi connectivity index (χ0v) is 21.2. The second-order valence-corrected chi connectivity index (χ2v) is 10.4. The zero-order valence-electron chi connectivity index (χ0n) is 20.5. The van der Waals surface area contributed by atoms with E-state index in [4.69, 9.17) is 30.5 Å². The van der Waals surface area contributed by atoms with Crippen molar-refractivity contribution in [3.8, 4) is 17.2 Å². The summed E-state index contributed by atoms with van der Waals surface area (Å²) in [5.41, 5.74) is 2.76. The van der Waals surface area contributed by atoms with Gasteiger partial charge in [-0.25, -0.2) is 4.79 Å². The molecule has 3 aliphatic rings. The van der Waals surface area contributed by atoms with Crippen LogP contribution in [0.3, 0.4) is 0 Å². The first-order valence-corrected chi connectivity index (χ1v) is 12.3. The Kier molecular flexibility index (Phi) is 6.43. The number of carbonyl (C=O) groups excluding carboxylic acids is 2. The summed E-state index contributed by atoms with van der Waals surface area (Å²) in [6, 6.07) is 12.7. The van der Waals surface area contributed by atoms with Crippen LogP contribution < -0.4 is 19.5 Å². The van der Waals surface area contributed by atoms with Crippen LogP contribution in [0.1, 0.15) is 45.1 Å². The Balaban J connectivity index is 1.47. The lowest BCUT2D eigenvalue weighted by atomic mass is 9.68. The summed E-state index contributed by atoms with van der Waals surface area (Å²) in [6.45, 7) is 6.29. The van der Waals surface area contributed by atoms with Crippen molar-refractivity contribution in [2.45, 2.75) is 39.5 Å². The van der Waals surface area contributed by atoms with E-state index in [1.54, 1.807) is 12.1 Å². The van der Waals surface area contributed by atoms with Crippen LogP contribution in [0.2, 0.25) is 5.02 Å². The lowest BCUT2D eigenvalue weighted by Crippen LogP contribution is -2.39. The third-order valence-corrected chi connectivity index (χ3v) is 6.92. The van der Waals surface area contributed by atoms with Gasteiger partial charge in [-0.3, -0.25) is 4.79 Å². The summed E-state index contributed by atoms with van der Waals surface area (Å²) < 4.78 is 22.3. The van der Waals surface area contributed by atoms with Gasteiger partial charge >= 0.3 is 5.97 Å². The highest BCUT2D eigenvalue weighted by atomic mass is 35.5. The number of ether oxygens (including phenoxy) is 4. The number of halogens is 1. The van der Waals surface area contributed by atoms with Gasteiger partial charge in [-0.1, -0.05) is 43.6 Å². The quantitative estimate of drug-likeness (QED) is 0.418. The number of rotatable bonds is 6. The van der Waals surface area contributed by atoms with Gasteiger partial charge in [0.25, 0.3) is 0 Å². The number of Topliss-reactive ketones (excluding diaryl/α,β-unsaturated/α-hetero) is 1. The Labute approximate surface area is 215 Å². The van der Waals surface area contributed by atoms with Crippen LogP contribution in [0.15, 0.2) is 65.0 Å². The van der Waals surface area contributed by atoms with Crippen molar-refractivity contribution in [2.24, 2.45) is 5.41 Å². The van der Waals surface area contributed by atoms with Crippen molar-refractivity contribution in [3.05, 3.63) is 75.6 Å². The molecule has 0 amide bonds. The van der Waals surface area contributed by atoms with E-state index < -0.39 is 11.9 Å². The van der Waals surface area contributed by atoms with Gasteiger partial charge in [0.05, 0.1) is 5.57 Å². The van der Waals surface area contributed by atoms with E-state index in [1.807, 2.05) is 37.3 Å². The Morgan fingerprint density at radius 3 is 2.58 bits per heavy atom. The monoisotopic (exact) mass is 509 g/mol. The molecule has 0 bridgehead atoms. The van der Waals surface area contributed by atoms with Gasteiger partial charge in [-0.15, -0.1) is 0 Å². The van der Waals surface area contributed by atoms with Gasteiger partial charge in [0.15, 0.2) is 17.3 Å². The summed E-state index contributed by atoms with van der Waals surface area (Å²) in [6.07, 6.45) is 1.05. The Morgan fingerprint density at radius 1 is 1.11 bits per heavy atom. The molecule has 0 aromatic heterocycles. The maximum Gasteiger partial charge on any atom is 0.336 e. The number of benzene rings is 2. The van der Waals surface area contributed by atoms with E-state index in [9.17, 15) is 9.59 Å². The van der Waals surface area contributed by atoms with Gasteiger partial charge in [0, 0.05) is 40.4 Å². The van der Waals surface area contributed by atoms with E-state index in [2.05, 4.69) is 19.2 Å². The molecular formula is C28H28ClNO6. The van der Waals surface area contributed by atoms with E-state index in [0.717, 1.165) is 5.70 Å². The number of nitrogens with one attached hydrogen (secondary N) is 1. The van der Waals surface area contributed by atoms with Gasteiger partial charge in [-0.05, 0) is 42.5 Å². The first-order valence-electron chi connectivity index (χ1n) is 11.9. The molecule has 0 radical (unpaired) electrons. The number of hydrogen-bond donors (Lipinski definition) is 1. The van der Waals surface area contributed by atoms with Crippen LogP contribution in [-0.2, 0) is 14.3 Å². The summed E-state index contributed by atoms with van der Waals surface area (Å²) in [7, 11) is 0. The highest BCUT2D eigenvalue weighted by molar-refractivity contribution is 6.32. The number of carbonyl (C=O) groups is 2. The molecule has 2 aromatic rings. The molecule has 1 aliphatic carbocycles. The maximum atomic E-state index is 13.5. The number of fused-ring (bicyclic) bond motifs is 1. The van der Waals surface area contributed by atoms with Crippen molar-refractivity contribution >= 4 is 23.4 Å². The number of hydrogen-bond acceptors (Lipinski definition) is 7. The second-order valence-electron chi connectivity index (χ2n) is 9.95. The van der Waals surface area contributed by atoms with Crippen molar-refractivity contribution in [1.29, 1.82) is 0 Å². The predicted molar refractivity (Wildman–Crippen MR) is 134 cm³/mol. The summed E-state index contributed by atoms with van der Waals surface area (Å²) >= 11 is 6.70. The van der Waals surface area contributed by atoms with E-state index in [0.29, 0.717) is 57.5 Å². The molecule has 1 atom stereocenters. The minimum atomic E-state index is -0.686.